The van der Waals surface area contributed by atoms with Crippen molar-refractivity contribution in [3.63, 3.8) is 0 Å². The first kappa shape index (κ1) is 14.2. The molecule has 3 rings (SSSR count). The van der Waals surface area contributed by atoms with Crippen LogP contribution in [0.1, 0.15) is 22.9 Å². The maximum atomic E-state index is 6.06. The molecular weight excluding hydrogens is 282 g/mol. The topological polar surface area (TPSA) is 25.2 Å². The molecule has 3 heteroatoms. The van der Waals surface area contributed by atoms with Gasteiger partial charge in [-0.05, 0) is 56.3 Å². The van der Waals surface area contributed by atoms with Gasteiger partial charge < -0.3 is 9.73 Å². The summed E-state index contributed by atoms with van der Waals surface area (Å²) in [6.45, 7) is 2.09. The van der Waals surface area contributed by atoms with Crippen LogP contribution >= 0.6 is 11.6 Å². The molecular formula is C18H18ClNO. The summed E-state index contributed by atoms with van der Waals surface area (Å²) in [7, 11) is 1.95. The highest BCUT2D eigenvalue weighted by Crippen LogP contribution is 2.27. The van der Waals surface area contributed by atoms with E-state index in [0.717, 1.165) is 28.2 Å². The van der Waals surface area contributed by atoms with E-state index < -0.39 is 0 Å². The fourth-order valence-corrected chi connectivity index (χ4v) is 2.81. The Morgan fingerprint density at radius 2 is 2.00 bits per heavy atom. The lowest BCUT2D eigenvalue weighted by atomic mass is 10.0. The van der Waals surface area contributed by atoms with E-state index >= 15 is 0 Å². The molecule has 0 spiro atoms. The highest BCUT2D eigenvalue weighted by molar-refractivity contribution is 6.30. The first-order chi connectivity index (χ1) is 10.2. The Balaban J connectivity index is 1.90. The third-order valence-electron chi connectivity index (χ3n) is 3.71. The second kappa shape index (κ2) is 5.92. The van der Waals surface area contributed by atoms with Crippen molar-refractivity contribution in [1.29, 1.82) is 0 Å². The van der Waals surface area contributed by atoms with Gasteiger partial charge in [0.05, 0.1) is 6.04 Å². The predicted octanol–water partition coefficient (Wildman–Crippen LogP) is 4.90. The highest BCUT2D eigenvalue weighted by Gasteiger charge is 2.15. The van der Waals surface area contributed by atoms with Gasteiger partial charge in [0.1, 0.15) is 11.3 Å². The zero-order valence-corrected chi connectivity index (χ0v) is 12.9. The van der Waals surface area contributed by atoms with Crippen LogP contribution in [-0.4, -0.2) is 7.05 Å². The molecule has 1 atom stereocenters. The molecule has 1 heterocycles. The van der Waals surface area contributed by atoms with Crippen LogP contribution in [0.3, 0.4) is 0 Å². The number of benzene rings is 2. The maximum absolute atomic E-state index is 6.06. The Morgan fingerprint density at radius 3 is 2.76 bits per heavy atom. The van der Waals surface area contributed by atoms with Crippen molar-refractivity contribution < 1.29 is 4.42 Å². The summed E-state index contributed by atoms with van der Waals surface area (Å²) in [5.74, 6) is 0.957. The van der Waals surface area contributed by atoms with Gasteiger partial charge in [-0.25, -0.2) is 0 Å². The Morgan fingerprint density at radius 1 is 1.14 bits per heavy atom. The van der Waals surface area contributed by atoms with E-state index in [1.165, 1.54) is 11.1 Å². The van der Waals surface area contributed by atoms with Crippen molar-refractivity contribution in [1.82, 2.24) is 5.32 Å². The molecule has 0 aliphatic carbocycles. The molecule has 1 N–H and O–H groups in total. The van der Waals surface area contributed by atoms with Gasteiger partial charge in [0, 0.05) is 10.4 Å². The minimum Gasteiger partial charge on any atom is -0.459 e. The number of rotatable bonds is 4. The van der Waals surface area contributed by atoms with Crippen molar-refractivity contribution in [3.8, 4) is 0 Å². The molecule has 108 valence electrons. The Labute approximate surface area is 129 Å². The average molecular weight is 300 g/mol. The van der Waals surface area contributed by atoms with Gasteiger partial charge in [0.15, 0.2) is 0 Å². The largest absolute Gasteiger partial charge is 0.459 e. The van der Waals surface area contributed by atoms with Crippen LogP contribution in [0.15, 0.2) is 52.9 Å². The highest BCUT2D eigenvalue weighted by atomic mass is 35.5. The lowest BCUT2D eigenvalue weighted by molar-refractivity contribution is 0.451. The van der Waals surface area contributed by atoms with Crippen molar-refractivity contribution in [2.75, 3.05) is 7.05 Å². The van der Waals surface area contributed by atoms with E-state index in [2.05, 4.69) is 36.5 Å². The zero-order chi connectivity index (χ0) is 14.8. The number of likely N-dealkylation sites (N-methyl/N-ethyl adjacent to an activating group) is 1. The molecule has 0 saturated carbocycles. The smallest absolute Gasteiger partial charge is 0.134 e. The average Bonchev–Trinajstić information content (AvgIpc) is 2.87. The van der Waals surface area contributed by atoms with Gasteiger partial charge in [0.2, 0.25) is 0 Å². The lowest BCUT2D eigenvalue weighted by Crippen LogP contribution is -2.18. The fourth-order valence-electron chi connectivity index (χ4n) is 2.60. The Kier molecular flexibility index (Phi) is 4.00. The van der Waals surface area contributed by atoms with Gasteiger partial charge in [-0.3, -0.25) is 0 Å². The van der Waals surface area contributed by atoms with E-state index in [4.69, 9.17) is 16.0 Å². The molecule has 0 amide bonds. The van der Waals surface area contributed by atoms with E-state index in [9.17, 15) is 0 Å². The number of nitrogens with one attached hydrogen (secondary N) is 1. The minimum absolute atomic E-state index is 0.135. The van der Waals surface area contributed by atoms with E-state index in [-0.39, 0.29) is 6.04 Å². The molecule has 2 nitrogen and oxygen atoms in total. The van der Waals surface area contributed by atoms with Crippen LogP contribution in [0.2, 0.25) is 5.02 Å². The number of fused-ring (bicyclic) bond motifs is 1. The van der Waals surface area contributed by atoms with Gasteiger partial charge in [-0.15, -0.1) is 0 Å². The zero-order valence-electron chi connectivity index (χ0n) is 12.2. The van der Waals surface area contributed by atoms with Gasteiger partial charge in [-0.2, -0.15) is 0 Å². The summed E-state index contributed by atoms with van der Waals surface area (Å²) in [4.78, 5) is 0. The van der Waals surface area contributed by atoms with Crippen molar-refractivity contribution in [2.24, 2.45) is 0 Å². The second-order valence-electron chi connectivity index (χ2n) is 5.37. The molecule has 0 radical (unpaired) electrons. The SMILES string of the molecule is CNC(Cc1cccc(Cl)c1)c1cc2cc(C)ccc2o1. The summed E-state index contributed by atoms with van der Waals surface area (Å²) in [6.07, 6.45) is 0.843. The van der Waals surface area contributed by atoms with Crippen LogP contribution in [0.4, 0.5) is 0 Å². The number of furan rings is 1. The fraction of sp³-hybridized carbons (Fsp3) is 0.222. The maximum Gasteiger partial charge on any atom is 0.134 e. The van der Waals surface area contributed by atoms with Crippen LogP contribution in [0.25, 0.3) is 11.0 Å². The van der Waals surface area contributed by atoms with Gasteiger partial charge in [-0.1, -0.05) is 35.4 Å². The molecule has 3 aromatic rings. The van der Waals surface area contributed by atoms with E-state index in [1.807, 2.05) is 31.3 Å². The molecule has 0 fully saturated rings. The molecule has 2 aromatic carbocycles. The summed E-state index contributed by atoms with van der Waals surface area (Å²) < 4.78 is 5.98. The quantitative estimate of drug-likeness (QED) is 0.741. The Hall–Kier alpha value is -1.77. The van der Waals surface area contributed by atoms with Crippen molar-refractivity contribution in [2.45, 2.75) is 19.4 Å². The number of aryl methyl sites for hydroxylation is 1. The first-order valence-corrected chi connectivity index (χ1v) is 7.45. The molecule has 1 aromatic heterocycles. The third kappa shape index (κ3) is 3.12. The van der Waals surface area contributed by atoms with Gasteiger partial charge in [0.25, 0.3) is 0 Å². The van der Waals surface area contributed by atoms with Crippen molar-refractivity contribution >= 4 is 22.6 Å². The summed E-state index contributed by atoms with van der Waals surface area (Å²) >= 11 is 6.06. The Bertz CT molecular complexity index is 763. The standard InChI is InChI=1S/C18H18ClNO/c1-12-6-7-17-14(8-12)11-18(21-17)16(20-2)10-13-4-3-5-15(19)9-13/h3-9,11,16,20H,10H2,1-2H3. The normalized spacial score (nSPS) is 12.7. The number of hydrogen-bond acceptors (Lipinski definition) is 2. The molecule has 21 heavy (non-hydrogen) atoms. The van der Waals surface area contributed by atoms with Crippen molar-refractivity contribution in [3.05, 3.63) is 70.4 Å². The van der Waals surface area contributed by atoms with Gasteiger partial charge >= 0.3 is 0 Å². The number of halogens is 1. The third-order valence-corrected chi connectivity index (χ3v) is 3.95. The molecule has 0 aliphatic rings. The van der Waals surface area contributed by atoms with Crippen LogP contribution in [0, 0.1) is 6.92 Å². The summed E-state index contributed by atoms with van der Waals surface area (Å²) in [5.41, 5.74) is 3.37. The molecule has 0 saturated heterocycles. The monoisotopic (exact) mass is 299 g/mol. The van der Waals surface area contributed by atoms with Crippen LogP contribution < -0.4 is 5.32 Å². The van der Waals surface area contributed by atoms with E-state index in [0.29, 0.717) is 0 Å². The first-order valence-electron chi connectivity index (χ1n) is 7.07. The lowest BCUT2D eigenvalue weighted by Gasteiger charge is -2.13. The summed E-state index contributed by atoms with van der Waals surface area (Å²) in [5, 5.41) is 5.24. The minimum atomic E-state index is 0.135. The van der Waals surface area contributed by atoms with E-state index in [1.54, 1.807) is 0 Å². The predicted molar refractivity (Wildman–Crippen MR) is 87.9 cm³/mol. The molecule has 0 bridgehead atoms. The second-order valence-corrected chi connectivity index (χ2v) is 5.80. The molecule has 1 unspecified atom stereocenters. The van der Waals surface area contributed by atoms with Crippen LogP contribution in [0.5, 0.6) is 0 Å². The molecule has 0 aliphatic heterocycles. The summed E-state index contributed by atoms with van der Waals surface area (Å²) in [6, 6.07) is 16.5. The van der Waals surface area contributed by atoms with Crippen LogP contribution in [-0.2, 0) is 6.42 Å². The number of hydrogen-bond donors (Lipinski definition) is 1.